The number of benzene rings is 1. The molecule has 0 atom stereocenters. The minimum atomic E-state index is 0.711. The molecule has 90 valence electrons. The second-order valence-electron chi connectivity index (χ2n) is 3.70. The van der Waals surface area contributed by atoms with E-state index >= 15 is 0 Å². The highest BCUT2D eigenvalue weighted by atomic mass is 79.9. The smallest absolute Gasteiger partial charge is 0.207 e. The third kappa shape index (κ3) is 2.64. The lowest BCUT2D eigenvalue weighted by Gasteiger charge is -2.10. The number of hydrogen-bond acceptors (Lipinski definition) is 2. The van der Waals surface area contributed by atoms with Gasteiger partial charge in [-0.3, -0.25) is 4.57 Å². The van der Waals surface area contributed by atoms with Gasteiger partial charge in [0, 0.05) is 22.2 Å². The number of hydrogen-bond donors (Lipinski definition) is 1. The van der Waals surface area contributed by atoms with Crippen molar-refractivity contribution < 1.29 is 0 Å². The largest absolute Gasteiger partial charge is 0.356 e. The molecule has 0 amide bonds. The standard InChI is InChI=1S/C12H13BrClN3/c1-3-15-12-16-8(2)7-17(12)11-5-4-9(14)6-10(11)13/h4-7H,3H2,1-2H3,(H,15,16). The van der Waals surface area contributed by atoms with E-state index in [1.54, 1.807) is 0 Å². The summed E-state index contributed by atoms with van der Waals surface area (Å²) in [5, 5.41) is 3.95. The van der Waals surface area contributed by atoms with Crippen molar-refractivity contribution in [2.24, 2.45) is 0 Å². The summed E-state index contributed by atoms with van der Waals surface area (Å²) in [7, 11) is 0. The lowest BCUT2D eigenvalue weighted by molar-refractivity contribution is 1.02. The van der Waals surface area contributed by atoms with E-state index in [9.17, 15) is 0 Å². The van der Waals surface area contributed by atoms with E-state index in [4.69, 9.17) is 11.6 Å². The highest BCUT2D eigenvalue weighted by molar-refractivity contribution is 9.10. The number of halogens is 2. The lowest BCUT2D eigenvalue weighted by atomic mass is 10.3. The van der Waals surface area contributed by atoms with Gasteiger partial charge in [-0.25, -0.2) is 4.98 Å². The number of aromatic nitrogens is 2. The molecule has 0 aliphatic carbocycles. The SMILES string of the molecule is CCNc1nc(C)cn1-c1ccc(Cl)cc1Br. The number of imidazole rings is 1. The summed E-state index contributed by atoms with van der Waals surface area (Å²) in [4.78, 5) is 4.44. The Bertz CT molecular complexity index is 537. The van der Waals surface area contributed by atoms with Gasteiger partial charge in [0.05, 0.1) is 11.4 Å². The van der Waals surface area contributed by atoms with Crippen LogP contribution in [0.4, 0.5) is 5.95 Å². The zero-order valence-corrected chi connectivity index (χ0v) is 12.0. The average molecular weight is 315 g/mol. The van der Waals surface area contributed by atoms with Gasteiger partial charge in [-0.15, -0.1) is 0 Å². The van der Waals surface area contributed by atoms with E-state index in [0.29, 0.717) is 5.02 Å². The van der Waals surface area contributed by atoms with Gasteiger partial charge in [-0.1, -0.05) is 11.6 Å². The highest BCUT2D eigenvalue weighted by Crippen LogP contribution is 2.27. The number of aryl methyl sites for hydroxylation is 1. The molecule has 0 radical (unpaired) electrons. The summed E-state index contributed by atoms with van der Waals surface area (Å²) in [6.45, 7) is 4.86. The molecule has 0 spiro atoms. The Kier molecular flexibility index (Phi) is 3.74. The molecule has 1 aromatic heterocycles. The third-order valence-corrected chi connectivity index (χ3v) is 3.20. The van der Waals surface area contributed by atoms with Crippen LogP contribution < -0.4 is 5.32 Å². The topological polar surface area (TPSA) is 29.9 Å². The van der Waals surface area contributed by atoms with Crippen LogP contribution in [0.1, 0.15) is 12.6 Å². The molecule has 1 heterocycles. The molecule has 5 heteroatoms. The summed E-state index contributed by atoms with van der Waals surface area (Å²) in [6, 6.07) is 5.71. The summed E-state index contributed by atoms with van der Waals surface area (Å²) >= 11 is 9.46. The average Bonchev–Trinajstić information content (AvgIpc) is 2.60. The first kappa shape index (κ1) is 12.5. The molecule has 17 heavy (non-hydrogen) atoms. The predicted molar refractivity (Wildman–Crippen MR) is 75.2 cm³/mol. The Hall–Kier alpha value is -1.000. The molecule has 3 nitrogen and oxygen atoms in total. The van der Waals surface area contributed by atoms with Crippen LogP contribution in [0.15, 0.2) is 28.9 Å². The first-order valence-electron chi connectivity index (χ1n) is 5.37. The molecule has 0 aliphatic heterocycles. The van der Waals surface area contributed by atoms with Crippen LogP contribution in [0.5, 0.6) is 0 Å². The summed E-state index contributed by atoms with van der Waals surface area (Å²) in [5.41, 5.74) is 1.99. The fraction of sp³-hybridized carbons (Fsp3) is 0.250. The fourth-order valence-corrected chi connectivity index (χ4v) is 2.51. The Morgan fingerprint density at radius 2 is 2.24 bits per heavy atom. The quantitative estimate of drug-likeness (QED) is 0.927. The van der Waals surface area contributed by atoms with E-state index in [1.165, 1.54) is 0 Å². The van der Waals surface area contributed by atoms with E-state index < -0.39 is 0 Å². The second kappa shape index (κ2) is 5.10. The monoisotopic (exact) mass is 313 g/mol. The number of nitrogens with one attached hydrogen (secondary N) is 1. The van der Waals surface area contributed by atoms with Gasteiger partial charge in [0.1, 0.15) is 0 Å². The fourth-order valence-electron chi connectivity index (χ4n) is 1.64. The molecular formula is C12H13BrClN3. The van der Waals surface area contributed by atoms with Gasteiger partial charge < -0.3 is 5.32 Å². The number of anilines is 1. The Morgan fingerprint density at radius 3 is 2.88 bits per heavy atom. The van der Waals surface area contributed by atoms with Crippen LogP contribution in [-0.2, 0) is 0 Å². The van der Waals surface area contributed by atoms with Crippen LogP contribution in [0.3, 0.4) is 0 Å². The highest BCUT2D eigenvalue weighted by Gasteiger charge is 2.09. The first-order chi connectivity index (χ1) is 8.11. The maximum Gasteiger partial charge on any atom is 0.207 e. The molecular weight excluding hydrogens is 302 g/mol. The Balaban J connectivity index is 2.51. The van der Waals surface area contributed by atoms with Crippen molar-refractivity contribution in [2.45, 2.75) is 13.8 Å². The van der Waals surface area contributed by atoms with Crippen molar-refractivity contribution in [1.29, 1.82) is 0 Å². The van der Waals surface area contributed by atoms with Crippen LogP contribution in [0, 0.1) is 6.92 Å². The summed E-state index contributed by atoms with van der Waals surface area (Å²) < 4.78 is 2.96. The van der Waals surface area contributed by atoms with Gasteiger partial charge in [0.2, 0.25) is 5.95 Å². The maximum atomic E-state index is 5.94. The third-order valence-electron chi connectivity index (χ3n) is 2.33. The van der Waals surface area contributed by atoms with Gasteiger partial charge in [0.25, 0.3) is 0 Å². The second-order valence-corrected chi connectivity index (χ2v) is 4.99. The molecule has 0 aliphatic rings. The Morgan fingerprint density at radius 1 is 1.47 bits per heavy atom. The molecule has 2 rings (SSSR count). The zero-order chi connectivity index (χ0) is 12.4. The van der Waals surface area contributed by atoms with Crippen LogP contribution >= 0.6 is 27.5 Å². The first-order valence-corrected chi connectivity index (χ1v) is 6.54. The van der Waals surface area contributed by atoms with Crippen LogP contribution in [0.2, 0.25) is 5.02 Å². The molecule has 0 saturated heterocycles. The number of rotatable bonds is 3. The normalized spacial score (nSPS) is 10.6. The van der Waals surface area contributed by atoms with Crippen molar-refractivity contribution in [3.05, 3.63) is 39.6 Å². The van der Waals surface area contributed by atoms with Gasteiger partial charge in [0.15, 0.2) is 0 Å². The van der Waals surface area contributed by atoms with Crippen molar-refractivity contribution in [1.82, 2.24) is 9.55 Å². The maximum absolute atomic E-state index is 5.94. The van der Waals surface area contributed by atoms with Gasteiger partial charge in [-0.2, -0.15) is 0 Å². The van der Waals surface area contributed by atoms with Gasteiger partial charge in [-0.05, 0) is 48.0 Å². The summed E-state index contributed by atoms with van der Waals surface area (Å²) in [6.07, 6.45) is 1.99. The van der Waals surface area contributed by atoms with Crippen molar-refractivity contribution in [2.75, 3.05) is 11.9 Å². The minimum Gasteiger partial charge on any atom is -0.356 e. The minimum absolute atomic E-state index is 0.711. The van der Waals surface area contributed by atoms with E-state index in [2.05, 4.69) is 26.2 Å². The lowest BCUT2D eigenvalue weighted by Crippen LogP contribution is -2.05. The molecule has 0 fully saturated rings. The summed E-state index contributed by atoms with van der Waals surface area (Å²) in [5.74, 6) is 0.841. The molecule has 0 bridgehead atoms. The molecule has 0 saturated carbocycles. The van der Waals surface area contributed by atoms with Crippen molar-refractivity contribution in [3.8, 4) is 5.69 Å². The molecule has 1 aromatic carbocycles. The van der Waals surface area contributed by atoms with Crippen LogP contribution in [-0.4, -0.2) is 16.1 Å². The number of nitrogens with zero attached hydrogens (tertiary/aromatic N) is 2. The van der Waals surface area contributed by atoms with Crippen LogP contribution in [0.25, 0.3) is 5.69 Å². The van der Waals surface area contributed by atoms with E-state index in [0.717, 1.165) is 28.3 Å². The Labute approximate surface area is 114 Å². The van der Waals surface area contributed by atoms with E-state index in [1.807, 2.05) is 42.8 Å². The molecule has 0 unspecified atom stereocenters. The van der Waals surface area contributed by atoms with Crippen molar-refractivity contribution >= 4 is 33.5 Å². The van der Waals surface area contributed by atoms with Crippen molar-refractivity contribution in [3.63, 3.8) is 0 Å². The predicted octanol–water partition coefficient (Wildman–Crippen LogP) is 4.03. The van der Waals surface area contributed by atoms with Gasteiger partial charge >= 0.3 is 0 Å². The molecule has 1 N–H and O–H groups in total. The molecule has 2 aromatic rings. The van der Waals surface area contributed by atoms with E-state index in [-0.39, 0.29) is 0 Å². The zero-order valence-electron chi connectivity index (χ0n) is 9.67.